The van der Waals surface area contributed by atoms with Gasteiger partial charge in [0.1, 0.15) is 5.69 Å². The second kappa shape index (κ2) is 7.20. The fourth-order valence-electron chi connectivity index (χ4n) is 1.81. The molecule has 0 aliphatic rings. The van der Waals surface area contributed by atoms with Crippen LogP contribution in [0.15, 0.2) is 42.6 Å². The van der Waals surface area contributed by atoms with Crippen LogP contribution in [0.1, 0.15) is 29.7 Å². The molecule has 0 bridgehead atoms. The largest absolute Gasteiger partial charge is 0.306 e. The Balaban J connectivity index is 1.85. The van der Waals surface area contributed by atoms with Crippen LogP contribution < -0.4 is 0 Å². The van der Waals surface area contributed by atoms with Crippen LogP contribution in [-0.2, 0) is 6.42 Å². The zero-order valence-electron chi connectivity index (χ0n) is 11.1. The summed E-state index contributed by atoms with van der Waals surface area (Å²) in [6.45, 7) is 0. The van der Waals surface area contributed by atoms with Crippen molar-refractivity contribution in [2.75, 3.05) is 0 Å². The number of benzene rings is 1. The Morgan fingerprint density at radius 3 is 2.75 bits per heavy atom. The van der Waals surface area contributed by atoms with Crippen molar-refractivity contribution in [3.8, 4) is 11.8 Å². The van der Waals surface area contributed by atoms with Crippen LogP contribution in [0.25, 0.3) is 0 Å². The van der Waals surface area contributed by atoms with Crippen LogP contribution >= 0.6 is 0 Å². The van der Waals surface area contributed by atoms with Gasteiger partial charge in [-0.15, -0.1) is 0 Å². The quantitative estimate of drug-likeness (QED) is 0.512. The summed E-state index contributed by atoms with van der Waals surface area (Å²) in [5, 5.41) is 6.97. The number of unbranched alkanes of at least 4 members (excludes halogenated alkanes) is 1. The Morgan fingerprint density at radius 1 is 1.25 bits per heavy atom. The molecular formula is C17H15FN2. The third-order valence-electron chi connectivity index (χ3n) is 2.85. The lowest BCUT2D eigenvalue weighted by Crippen LogP contribution is -1.93. The van der Waals surface area contributed by atoms with E-state index in [1.165, 1.54) is 17.8 Å². The minimum atomic E-state index is -0.504. The number of nitrogens with zero attached hydrogens (tertiary/aromatic N) is 1. The molecule has 0 aliphatic heterocycles. The van der Waals surface area contributed by atoms with E-state index in [1.807, 2.05) is 18.2 Å². The molecule has 1 aromatic heterocycles. The van der Waals surface area contributed by atoms with Gasteiger partial charge in [-0.25, -0.2) is 4.39 Å². The van der Waals surface area contributed by atoms with E-state index in [2.05, 4.69) is 29.0 Å². The van der Waals surface area contributed by atoms with Crippen molar-refractivity contribution >= 4 is 6.21 Å². The Hall–Kier alpha value is -2.47. The van der Waals surface area contributed by atoms with E-state index in [9.17, 15) is 4.39 Å². The smallest absolute Gasteiger partial charge is 0.151 e. The number of hydrogen-bond acceptors (Lipinski definition) is 2. The zero-order chi connectivity index (χ0) is 14.2. The SMILES string of the molecule is N=Cc1ncc(C#CCCCc2ccccc2)cc1F. The van der Waals surface area contributed by atoms with E-state index in [0.717, 1.165) is 25.5 Å². The van der Waals surface area contributed by atoms with Crippen molar-refractivity contribution in [2.45, 2.75) is 19.3 Å². The first-order valence-corrected chi connectivity index (χ1v) is 6.48. The van der Waals surface area contributed by atoms with Gasteiger partial charge in [0.2, 0.25) is 0 Å². The highest BCUT2D eigenvalue weighted by atomic mass is 19.1. The molecule has 2 rings (SSSR count). The molecule has 20 heavy (non-hydrogen) atoms. The van der Waals surface area contributed by atoms with Crippen molar-refractivity contribution < 1.29 is 4.39 Å². The molecule has 1 N–H and O–H groups in total. The van der Waals surface area contributed by atoms with Gasteiger partial charge in [0.05, 0.1) is 0 Å². The number of aryl methyl sites for hydroxylation is 1. The monoisotopic (exact) mass is 266 g/mol. The normalized spacial score (nSPS) is 9.65. The van der Waals surface area contributed by atoms with Gasteiger partial charge in [0.25, 0.3) is 0 Å². The standard InChI is InChI=1S/C17H15FN2/c18-16-11-15(13-20-17(16)12-19)10-6-2-5-9-14-7-3-1-4-8-14/h1,3-4,7-8,11-13,19H,2,5,9H2. The molecule has 100 valence electrons. The fraction of sp³-hybridized carbons (Fsp3) is 0.176. The van der Waals surface area contributed by atoms with Crippen LogP contribution in [-0.4, -0.2) is 11.2 Å². The Morgan fingerprint density at radius 2 is 2.05 bits per heavy atom. The van der Waals surface area contributed by atoms with Gasteiger partial charge >= 0.3 is 0 Å². The molecule has 2 aromatic rings. The first-order chi connectivity index (χ1) is 9.79. The minimum absolute atomic E-state index is 0.0413. The van der Waals surface area contributed by atoms with Crippen LogP contribution in [0.4, 0.5) is 4.39 Å². The summed E-state index contributed by atoms with van der Waals surface area (Å²) < 4.78 is 13.4. The molecular weight excluding hydrogens is 251 g/mol. The van der Waals surface area contributed by atoms with E-state index >= 15 is 0 Å². The highest BCUT2D eigenvalue weighted by Crippen LogP contribution is 2.05. The van der Waals surface area contributed by atoms with Gasteiger partial charge in [-0.1, -0.05) is 42.2 Å². The van der Waals surface area contributed by atoms with Crippen molar-refractivity contribution in [2.24, 2.45) is 0 Å². The van der Waals surface area contributed by atoms with Gasteiger partial charge in [-0.05, 0) is 24.5 Å². The molecule has 0 spiro atoms. The van der Waals surface area contributed by atoms with Crippen LogP contribution in [0, 0.1) is 23.1 Å². The third-order valence-corrected chi connectivity index (χ3v) is 2.85. The van der Waals surface area contributed by atoms with Crippen molar-refractivity contribution in [1.29, 1.82) is 5.41 Å². The maximum atomic E-state index is 13.4. The van der Waals surface area contributed by atoms with E-state index in [0.29, 0.717) is 5.56 Å². The minimum Gasteiger partial charge on any atom is -0.306 e. The lowest BCUT2D eigenvalue weighted by molar-refractivity contribution is 0.618. The number of nitrogens with one attached hydrogen (secondary N) is 1. The lowest BCUT2D eigenvalue weighted by Gasteiger charge is -1.97. The number of halogens is 1. The Bertz CT molecular complexity index is 639. The highest BCUT2D eigenvalue weighted by Gasteiger charge is 2.00. The van der Waals surface area contributed by atoms with Crippen LogP contribution in [0.5, 0.6) is 0 Å². The number of aromatic nitrogens is 1. The van der Waals surface area contributed by atoms with E-state index in [1.54, 1.807) is 0 Å². The average molecular weight is 266 g/mol. The van der Waals surface area contributed by atoms with E-state index in [4.69, 9.17) is 5.41 Å². The summed E-state index contributed by atoms with van der Waals surface area (Å²) in [5.41, 5.74) is 1.89. The predicted molar refractivity (Wildman–Crippen MR) is 78.3 cm³/mol. The molecule has 0 atom stereocenters. The third kappa shape index (κ3) is 4.03. The molecule has 1 heterocycles. The molecule has 0 unspecified atom stereocenters. The van der Waals surface area contributed by atoms with Gasteiger partial charge in [-0.3, -0.25) is 4.98 Å². The van der Waals surface area contributed by atoms with Gasteiger partial charge < -0.3 is 5.41 Å². The van der Waals surface area contributed by atoms with Crippen molar-refractivity contribution in [3.63, 3.8) is 0 Å². The molecule has 0 saturated heterocycles. The summed E-state index contributed by atoms with van der Waals surface area (Å²) >= 11 is 0. The topological polar surface area (TPSA) is 36.7 Å². The molecule has 2 nitrogen and oxygen atoms in total. The second-order valence-electron chi connectivity index (χ2n) is 4.38. The molecule has 0 aliphatic carbocycles. The fourth-order valence-corrected chi connectivity index (χ4v) is 1.81. The van der Waals surface area contributed by atoms with Crippen LogP contribution in [0.3, 0.4) is 0 Å². The molecule has 0 amide bonds. The summed E-state index contributed by atoms with van der Waals surface area (Å²) in [6.07, 6.45) is 5.13. The second-order valence-corrected chi connectivity index (χ2v) is 4.38. The first kappa shape index (κ1) is 14.0. The average Bonchev–Trinajstić information content (AvgIpc) is 2.48. The summed E-state index contributed by atoms with van der Waals surface area (Å²) in [5.74, 6) is 5.41. The highest BCUT2D eigenvalue weighted by molar-refractivity contribution is 5.74. The van der Waals surface area contributed by atoms with Crippen molar-refractivity contribution in [1.82, 2.24) is 4.98 Å². The van der Waals surface area contributed by atoms with Gasteiger partial charge in [0.15, 0.2) is 5.82 Å². The lowest BCUT2D eigenvalue weighted by atomic mass is 10.1. The first-order valence-electron chi connectivity index (χ1n) is 6.48. The van der Waals surface area contributed by atoms with E-state index < -0.39 is 5.82 Å². The van der Waals surface area contributed by atoms with Crippen LogP contribution in [0.2, 0.25) is 0 Å². The maximum Gasteiger partial charge on any atom is 0.151 e. The molecule has 1 aromatic carbocycles. The number of rotatable bonds is 4. The van der Waals surface area contributed by atoms with Gasteiger partial charge in [-0.2, -0.15) is 0 Å². The summed E-state index contributed by atoms with van der Waals surface area (Å²) in [7, 11) is 0. The number of hydrogen-bond donors (Lipinski definition) is 1. The Labute approximate surface area is 118 Å². The predicted octanol–water partition coefficient (Wildman–Crippen LogP) is 3.59. The zero-order valence-corrected chi connectivity index (χ0v) is 11.1. The summed E-state index contributed by atoms with van der Waals surface area (Å²) in [4.78, 5) is 3.82. The number of pyridine rings is 1. The van der Waals surface area contributed by atoms with Gasteiger partial charge in [0, 0.05) is 24.4 Å². The molecule has 0 radical (unpaired) electrons. The molecule has 3 heteroatoms. The molecule has 0 fully saturated rings. The molecule has 0 saturated carbocycles. The maximum absolute atomic E-state index is 13.4. The Kier molecular flexibility index (Phi) is 5.02. The van der Waals surface area contributed by atoms with Crippen molar-refractivity contribution in [3.05, 3.63) is 65.2 Å². The van der Waals surface area contributed by atoms with E-state index in [-0.39, 0.29) is 5.69 Å². The summed E-state index contributed by atoms with van der Waals surface area (Å²) in [6, 6.07) is 11.6.